The molecular weight excluding hydrogens is 340 g/mol. The van der Waals surface area contributed by atoms with Crippen LogP contribution in [0.25, 0.3) is 0 Å². The van der Waals surface area contributed by atoms with Crippen LogP contribution >= 0.6 is 0 Å². The summed E-state index contributed by atoms with van der Waals surface area (Å²) < 4.78 is 6.03. The largest absolute Gasteiger partial charge is 0.516 e. The molecule has 0 saturated heterocycles. The number of rotatable bonds is 15. The Labute approximate surface area is 166 Å². The van der Waals surface area contributed by atoms with Crippen LogP contribution < -0.4 is 0 Å². The van der Waals surface area contributed by atoms with E-state index >= 15 is 0 Å². The Bertz CT molecular complexity index is 407. The van der Waals surface area contributed by atoms with Crippen LogP contribution in [-0.2, 0) is 4.74 Å². The van der Waals surface area contributed by atoms with E-state index in [1.807, 2.05) is 6.08 Å². The van der Waals surface area contributed by atoms with Crippen LogP contribution in [0.4, 0.5) is 0 Å². The first kappa shape index (κ1) is 24.2. The van der Waals surface area contributed by atoms with Crippen molar-refractivity contribution in [2.24, 2.45) is 11.8 Å². The average molecular weight is 383 g/mol. The van der Waals surface area contributed by atoms with Crippen molar-refractivity contribution < 1.29 is 20.1 Å². The molecule has 0 spiro atoms. The van der Waals surface area contributed by atoms with Gasteiger partial charge in [-0.15, -0.1) is 0 Å². The Morgan fingerprint density at radius 3 is 2.59 bits per heavy atom. The summed E-state index contributed by atoms with van der Waals surface area (Å²) in [6.07, 6.45) is 17.3. The Hall–Kier alpha value is -0.840. The highest BCUT2D eigenvalue weighted by Gasteiger charge is 2.41. The second-order valence-electron chi connectivity index (χ2n) is 7.92. The maximum absolute atomic E-state index is 10.6. The third-order valence-electron chi connectivity index (χ3n) is 5.60. The first-order valence-electron chi connectivity index (χ1n) is 11.1. The highest BCUT2D eigenvalue weighted by atomic mass is 16.5. The summed E-state index contributed by atoms with van der Waals surface area (Å²) in [5, 5.41) is 29.5. The minimum atomic E-state index is -0.396. The van der Waals surface area contributed by atoms with Gasteiger partial charge in [0.15, 0.2) is 0 Å². The molecule has 0 amide bonds. The van der Waals surface area contributed by atoms with Gasteiger partial charge in [-0.25, -0.2) is 0 Å². The minimum absolute atomic E-state index is 0.0568. The predicted octanol–water partition coefficient (Wildman–Crippen LogP) is 5.30. The molecule has 158 valence electrons. The maximum atomic E-state index is 10.6. The number of hydrogen-bond acceptors (Lipinski definition) is 4. The molecule has 5 atom stereocenters. The van der Waals surface area contributed by atoms with Crippen molar-refractivity contribution in [1.82, 2.24) is 0 Å². The van der Waals surface area contributed by atoms with Crippen molar-refractivity contribution in [3.05, 3.63) is 24.5 Å². The fourth-order valence-electron chi connectivity index (χ4n) is 4.05. The highest BCUT2D eigenvalue weighted by molar-refractivity contribution is 5.04. The predicted molar refractivity (Wildman–Crippen MR) is 112 cm³/mol. The lowest BCUT2D eigenvalue weighted by Crippen LogP contribution is -2.23. The van der Waals surface area contributed by atoms with Gasteiger partial charge < -0.3 is 20.1 Å². The SMILES string of the molecule is CCCCCC(O)/C=C/C1C(OCCC)CC(O)C1CCCCCC=CO. The van der Waals surface area contributed by atoms with E-state index in [9.17, 15) is 10.2 Å². The van der Waals surface area contributed by atoms with Crippen LogP contribution in [0.15, 0.2) is 24.5 Å². The molecule has 0 heterocycles. The number of ether oxygens (including phenoxy) is 1. The number of aliphatic hydroxyl groups excluding tert-OH is 3. The lowest BCUT2D eigenvalue weighted by molar-refractivity contribution is 0.0314. The van der Waals surface area contributed by atoms with Gasteiger partial charge in [0, 0.05) is 18.9 Å². The Kier molecular flexibility index (Phi) is 13.6. The molecule has 3 N–H and O–H groups in total. The van der Waals surface area contributed by atoms with Gasteiger partial charge in [-0.1, -0.05) is 64.2 Å². The summed E-state index contributed by atoms with van der Waals surface area (Å²) in [5.74, 6) is 0.393. The molecule has 27 heavy (non-hydrogen) atoms. The monoisotopic (exact) mass is 382 g/mol. The molecule has 5 unspecified atom stereocenters. The molecule has 1 aliphatic carbocycles. The molecule has 1 fully saturated rings. The van der Waals surface area contributed by atoms with Crippen molar-refractivity contribution in [3.8, 4) is 0 Å². The third kappa shape index (κ3) is 9.77. The zero-order valence-electron chi connectivity index (χ0n) is 17.4. The summed E-state index contributed by atoms with van der Waals surface area (Å²) in [7, 11) is 0. The van der Waals surface area contributed by atoms with E-state index < -0.39 is 6.10 Å². The lowest BCUT2D eigenvalue weighted by Gasteiger charge is -2.23. The van der Waals surface area contributed by atoms with Gasteiger partial charge in [-0.2, -0.15) is 0 Å². The molecular formula is C23H42O4. The number of allylic oxidation sites excluding steroid dienone is 1. The molecule has 1 saturated carbocycles. The number of aliphatic hydroxyl groups is 3. The van der Waals surface area contributed by atoms with Gasteiger partial charge in [0.05, 0.1) is 24.6 Å². The van der Waals surface area contributed by atoms with Gasteiger partial charge >= 0.3 is 0 Å². The van der Waals surface area contributed by atoms with Crippen LogP contribution in [0.5, 0.6) is 0 Å². The Morgan fingerprint density at radius 2 is 1.89 bits per heavy atom. The maximum Gasteiger partial charge on any atom is 0.0751 e. The number of unbranched alkanes of at least 4 members (excludes halogenated alkanes) is 5. The summed E-state index contributed by atoms with van der Waals surface area (Å²) in [5.41, 5.74) is 0. The molecule has 0 radical (unpaired) electrons. The fraction of sp³-hybridized carbons (Fsp3) is 0.826. The van der Waals surface area contributed by atoms with Gasteiger partial charge in [0.1, 0.15) is 0 Å². The van der Waals surface area contributed by atoms with Crippen molar-refractivity contribution in [3.63, 3.8) is 0 Å². The smallest absolute Gasteiger partial charge is 0.0751 e. The summed E-state index contributed by atoms with van der Waals surface area (Å²) >= 11 is 0. The van der Waals surface area contributed by atoms with Crippen LogP contribution in [0, 0.1) is 11.8 Å². The Balaban J connectivity index is 2.58. The van der Waals surface area contributed by atoms with Crippen molar-refractivity contribution >= 4 is 0 Å². The minimum Gasteiger partial charge on any atom is -0.516 e. The Morgan fingerprint density at radius 1 is 1.07 bits per heavy atom. The molecule has 0 aromatic rings. The van der Waals surface area contributed by atoms with Crippen LogP contribution in [0.1, 0.15) is 84.5 Å². The molecule has 0 aliphatic heterocycles. The van der Waals surface area contributed by atoms with Gasteiger partial charge in [-0.3, -0.25) is 0 Å². The standard InChI is InChI=1S/C23H42O4/c1-3-5-9-12-19(25)14-15-21-20(13-10-7-6-8-11-16-24)22(26)18-23(21)27-17-4-2/h11,14-16,19-26H,3-10,12-13,17-18H2,1-2H3/b15-14+,16-11?. The molecule has 0 bridgehead atoms. The summed E-state index contributed by atoms with van der Waals surface area (Å²) in [6.45, 7) is 5.00. The van der Waals surface area contributed by atoms with E-state index in [1.54, 1.807) is 6.08 Å². The summed E-state index contributed by atoms with van der Waals surface area (Å²) in [6, 6.07) is 0. The van der Waals surface area contributed by atoms with Crippen LogP contribution in [0.2, 0.25) is 0 Å². The number of hydrogen-bond donors (Lipinski definition) is 3. The van der Waals surface area contributed by atoms with Crippen LogP contribution in [0.3, 0.4) is 0 Å². The molecule has 1 rings (SSSR count). The van der Waals surface area contributed by atoms with Crippen LogP contribution in [-0.4, -0.2) is 40.2 Å². The second-order valence-corrected chi connectivity index (χ2v) is 7.92. The molecule has 0 aromatic heterocycles. The second kappa shape index (κ2) is 15.1. The normalized spacial score (nSPS) is 27.1. The van der Waals surface area contributed by atoms with Gasteiger partial charge in [-0.05, 0) is 38.0 Å². The fourth-order valence-corrected chi connectivity index (χ4v) is 4.05. The first-order valence-corrected chi connectivity index (χ1v) is 11.1. The van der Waals surface area contributed by atoms with E-state index in [1.165, 1.54) is 0 Å². The average Bonchev–Trinajstić information content (AvgIpc) is 2.96. The zero-order valence-corrected chi connectivity index (χ0v) is 17.4. The molecule has 0 aromatic carbocycles. The van der Waals surface area contributed by atoms with Gasteiger partial charge in [0.2, 0.25) is 0 Å². The highest BCUT2D eigenvalue weighted by Crippen LogP contribution is 2.39. The molecule has 4 heteroatoms. The van der Waals surface area contributed by atoms with E-state index in [-0.39, 0.29) is 24.0 Å². The van der Waals surface area contributed by atoms with E-state index in [0.717, 1.165) is 77.1 Å². The molecule has 4 nitrogen and oxygen atoms in total. The van der Waals surface area contributed by atoms with E-state index in [4.69, 9.17) is 9.84 Å². The summed E-state index contributed by atoms with van der Waals surface area (Å²) in [4.78, 5) is 0. The van der Waals surface area contributed by atoms with Crippen molar-refractivity contribution in [2.45, 2.75) is 103 Å². The first-order chi connectivity index (χ1) is 13.1. The van der Waals surface area contributed by atoms with Crippen molar-refractivity contribution in [2.75, 3.05) is 6.61 Å². The van der Waals surface area contributed by atoms with E-state index in [2.05, 4.69) is 19.9 Å². The van der Waals surface area contributed by atoms with E-state index in [0.29, 0.717) is 6.42 Å². The lowest BCUT2D eigenvalue weighted by atomic mass is 9.87. The third-order valence-corrected chi connectivity index (χ3v) is 5.60. The van der Waals surface area contributed by atoms with Crippen molar-refractivity contribution in [1.29, 1.82) is 0 Å². The topological polar surface area (TPSA) is 69.9 Å². The van der Waals surface area contributed by atoms with Gasteiger partial charge in [0.25, 0.3) is 0 Å². The quantitative estimate of drug-likeness (QED) is 0.204. The molecule has 1 aliphatic rings. The zero-order chi connectivity index (χ0) is 19.9.